The first-order valence-electron chi connectivity index (χ1n) is 7.42. The summed E-state index contributed by atoms with van der Waals surface area (Å²) in [6.07, 6.45) is -1.32. The number of hydrogen-bond acceptors (Lipinski definition) is 8. The van der Waals surface area contributed by atoms with E-state index in [-0.39, 0.29) is 12.3 Å². The molecule has 1 aliphatic rings. The van der Waals surface area contributed by atoms with E-state index in [4.69, 9.17) is 4.74 Å². The minimum absolute atomic E-state index is 0.0122. The molecule has 4 atom stereocenters. The van der Waals surface area contributed by atoms with Crippen LogP contribution >= 0.6 is 40.2 Å². The van der Waals surface area contributed by atoms with Crippen LogP contribution in [-0.4, -0.2) is 60.0 Å². The number of hydrogen-bond donors (Lipinski definition) is 3. The fourth-order valence-corrected chi connectivity index (χ4v) is 3.88. The van der Waals surface area contributed by atoms with Crippen LogP contribution in [0.4, 0.5) is 0 Å². The number of nitrogens with zero attached hydrogens (tertiary/aromatic N) is 1. The number of amides is 4. The topological polar surface area (TPSA) is 117 Å². The molecule has 3 N–H and O–H groups in total. The molecule has 0 bridgehead atoms. The molecule has 0 aromatic heterocycles. The Morgan fingerprint density at radius 3 is 2.40 bits per heavy atom. The van der Waals surface area contributed by atoms with Gasteiger partial charge < -0.3 is 15.4 Å². The first-order valence-corrected chi connectivity index (χ1v) is 12.1. The molecule has 4 amide bonds. The van der Waals surface area contributed by atoms with Gasteiger partial charge in [-0.05, 0) is 28.7 Å². The predicted molar refractivity (Wildman–Crippen MR) is 104 cm³/mol. The average Bonchev–Trinajstić information content (AvgIpc) is 2.84. The lowest BCUT2D eigenvalue weighted by molar-refractivity contribution is -0.146. The van der Waals surface area contributed by atoms with Crippen LogP contribution in [0.25, 0.3) is 0 Å². The normalized spacial score (nSPS) is 21.0. The van der Waals surface area contributed by atoms with Gasteiger partial charge in [0.1, 0.15) is 18.2 Å². The molecule has 0 spiro atoms. The number of likely N-dealkylation sites (tertiary alicyclic amines) is 1. The number of ether oxygens (including phenoxy) is 1. The number of imide groups is 1. The van der Waals surface area contributed by atoms with Gasteiger partial charge >= 0.3 is 0 Å². The van der Waals surface area contributed by atoms with Crippen molar-refractivity contribution in [3.8, 4) is 0 Å². The van der Waals surface area contributed by atoms with Crippen molar-refractivity contribution in [2.24, 2.45) is 0 Å². The Balaban J connectivity index is 2.62. The van der Waals surface area contributed by atoms with Crippen molar-refractivity contribution >= 4 is 63.8 Å². The van der Waals surface area contributed by atoms with Gasteiger partial charge in [-0.15, -0.1) is 0 Å². The van der Waals surface area contributed by atoms with Crippen LogP contribution in [0.3, 0.4) is 0 Å². The van der Waals surface area contributed by atoms with E-state index >= 15 is 0 Å². The van der Waals surface area contributed by atoms with E-state index in [9.17, 15) is 19.2 Å². The monoisotopic (exact) mass is 504 g/mol. The van der Waals surface area contributed by atoms with Gasteiger partial charge in [0.25, 0.3) is 0 Å². The standard InChI is InChI=1S/C13H21IN4O5S2/c1-6(11(20)15-8(3)16-12(21)7(2)23-4)18-10(19)5-9(13(18)22)17-25-24-14/h6-9,17H,5H2,1-4H3,(H,15,20)(H,16,21). The number of halogens is 1. The third-order valence-corrected chi connectivity index (χ3v) is 6.15. The fraction of sp³-hybridized carbons (Fsp3) is 0.692. The summed E-state index contributed by atoms with van der Waals surface area (Å²) in [5.74, 6) is -1.76. The Labute approximate surface area is 166 Å². The smallest absolute Gasteiger partial charge is 0.250 e. The molecular formula is C13H21IN4O5S2. The maximum absolute atomic E-state index is 12.3. The van der Waals surface area contributed by atoms with Crippen molar-refractivity contribution in [3.05, 3.63) is 0 Å². The zero-order valence-corrected chi connectivity index (χ0v) is 18.0. The largest absolute Gasteiger partial charge is 0.372 e. The molecule has 1 fully saturated rings. The van der Waals surface area contributed by atoms with Crippen molar-refractivity contribution in [3.63, 3.8) is 0 Å². The number of carbonyl (C=O) groups excluding carboxylic acids is 4. The number of carbonyl (C=O) groups is 4. The third kappa shape index (κ3) is 6.27. The molecule has 0 aromatic carbocycles. The summed E-state index contributed by atoms with van der Waals surface area (Å²) in [5, 5.41) is 5.12. The molecule has 0 aliphatic carbocycles. The molecule has 1 saturated heterocycles. The molecule has 0 radical (unpaired) electrons. The maximum atomic E-state index is 12.3. The highest BCUT2D eigenvalue weighted by atomic mass is 127. The zero-order valence-electron chi connectivity index (χ0n) is 14.2. The molecule has 0 saturated carbocycles. The number of nitrogens with one attached hydrogen (secondary N) is 3. The van der Waals surface area contributed by atoms with E-state index in [2.05, 4.69) is 15.4 Å². The molecule has 4 unspecified atom stereocenters. The summed E-state index contributed by atoms with van der Waals surface area (Å²) >= 11 is 2.05. The van der Waals surface area contributed by atoms with Crippen molar-refractivity contribution in [1.82, 2.24) is 20.3 Å². The second-order valence-corrected chi connectivity index (χ2v) is 10.1. The Morgan fingerprint density at radius 2 is 1.84 bits per heavy atom. The lowest BCUT2D eigenvalue weighted by atomic mass is 10.2. The minimum Gasteiger partial charge on any atom is -0.372 e. The van der Waals surface area contributed by atoms with Crippen LogP contribution in [0.5, 0.6) is 0 Å². The van der Waals surface area contributed by atoms with Gasteiger partial charge in [-0.1, -0.05) is 0 Å². The summed E-state index contributed by atoms with van der Waals surface area (Å²) in [6, 6.07) is -1.61. The molecule has 1 heterocycles. The van der Waals surface area contributed by atoms with Gasteiger partial charge in [-0.2, -0.15) is 0 Å². The van der Waals surface area contributed by atoms with E-state index in [1.165, 1.54) is 33.0 Å². The Bertz CT molecular complexity index is 539. The first-order chi connectivity index (χ1) is 11.7. The predicted octanol–water partition coefficient (Wildman–Crippen LogP) is 0.352. The molecule has 1 aliphatic heterocycles. The van der Waals surface area contributed by atoms with Gasteiger partial charge in [0, 0.05) is 39.3 Å². The molecule has 25 heavy (non-hydrogen) atoms. The zero-order chi connectivity index (χ0) is 19.1. The van der Waals surface area contributed by atoms with Crippen molar-refractivity contribution in [2.75, 3.05) is 7.11 Å². The third-order valence-electron chi connectivity index (χ3n) is 3.61. The Kier molecular flexibility index (Phi) is 9.48. The van der Waals surface area contributed by atoms with Crippen LogP contribution in [0.1, 0.15) is 27.2 Å². The molecule has 1 rings (SSSR count). The molecule has 12 heteroatoms. The fourth-order valence-electron chi connectivity index (χ4n) is 2.15. The van der Waals surface area contributed by atoms with Crippen LogP contribution in [0.2, 0.25) is 0 Å². The highest BCUT2D eigenvalue weighted by Gasteiger charge is 2.43. The summed E-state index contributed by atoms with van der Waals surface area (Å²) in [4.78, 5) is 49.4. The summed E-state index contributed by atoms with van der Waals surface area (Å²) in [5.41, 5.74) is 0. The van der Waals surface area contributed by atoms with E-state index in [1.807, 2.05) is 21.2 Å². The second kappa shape index (κ2) is 10.5. The average molecular weight is 504 g/mol. The minimum atomic E-state index is -0.969. The lowest BCUT2D eigenvalue weighted by Gasteiger charge is -2.25. The van der Waals surface area contributed by atoms with Crippen LogP contribution in [0.15, 0.2) is 0 Å². The van der Waals surface area contributed by atoms with Crippen molar-refractivity contribution < 1.29 is 23.9 Å². The summed E-state index contributed by atoms with van der Waals surface area (Å²) < 4.78 is 7.76. The van der Waals surface area contributed by atoms with E-state index in [0.717, 1.165) is 4.90 Å². The highest BCUT2D eigenvalue weighted by molar-refractivity contribution is 14.2. The molecule has 0 aromatic rings. The Morgan fingerprint density at radius 1 is 1.24 bits per heavy atom. The lowest BCUT2D eigenvalue weighted by Crippen LogP contribution is -2.55. The maximum Gasteiger partial charge on any atom is 0.250 e. The van der Waals surface area contributed by atoms with Crippen molar-refractivity contribution in [2.45, 2.75) is 51.5 Å². The molecular weight excluding hydrogens is 483 g/mol. The summed E-state index contributed by atoms with van der Waals surface area (Å²) in [7, 11) is 4.04. The van der Waals surface area contributed by atoms with Gasteiger partial charge in [0.05, 0.1) is 12.6 Å². The first kappa shape index (κ1) is 22.5. The van der Waals surface area contributed by atoms with Crippen LogP contribution in [-0.2, 0) is 23.9 Å². The SMILES string of the molecule is COC(C)C(=O)NC(C)NC(=O)C(C)N1C(=O)CC(NSSI)C1=O. The van der Waals surface area contributed by atoms with E-state index < -0.39 is 42.1 Å². The molecule has 142 valence electrons. The van der Waals surface area contributed by atoms with Gasteiger partial charge in [0.2, 0.25) is 23.6 Å². The molecule has 9 nitrogen and oxygen atoms in total. The van der Waals surface area contributed by atoms with E-state index in [1.54, 1.807) is 13.8 Å². The van der Waals surface area contributed by atoms with Gasteiger partial charge in [0.15, 0.2) is 0 Å². The number of methoxy groups -OCH3 is 1. The van der Waals surface area contributed by atoms with Crippen LogP contribution < -0.4 is 15.4 Å². The quantitative estimate of drug-likeness (QED) is 0.136. The highest BCUT2D eigenvalue weighted by Crippen LogP contribution is 2.28. The van der Waals surface area contributed by atoms with Crippen LogP contribution in [0, 0.1) is 0 Å². The summed E-state index contributed by atoms with van der Waals surface area (Å²) in [6.45, 7) is 4.63. The van der Waals surface area contributed by atoms with Gasteiger partial charge in [-0.3, -0.25) is 24.1 Å². The second-order valence-electron chi connectivity index (χ2n) is 5.42. The number of rotatable bonds is 9. The van der Waals surface area contributed by atoms with Gasteiger partial charge in [-0.25, -0.2) is 4.72 Å². The Hall–Kier alpha value is -0.570. The van der Waals surface area contributed by atoms with E-state index in [0.29, 0.717) is 0 Å². The van der Waals surface area contributed by atoms with Crippen molar-refractivity contribution in [1.29, 1.82) is 0 Å².